The van der Waals surface area contributed by atoms with Crippen LogP contribution in [0.5, 0.6) is 0 Å². The first kappa shape index (κ1) is 19.2. The molecule has 1 heterocycles. The number of nitrogens with zero attached hydrogens (tertiary/aromatic N) is 1. The van der Waals surface area contributed by atoms with E-state index in [4.69, 9.17) is 0 Å². The van der Waals surface area contributed by atoms with Gasteiger partial charge in [0.2, 0.25) is 0 Å². The zero-order valence-electron chi connectivity index (χ0n) is 16.2. The van der Waals surface area contributed by atoms with Crippen LogP contribution in [0.25, 0.3) is 11.6 Å². The molecular weight excluding hydrogens is 342 g/mol. The number of benzene rings is 2. The highest BCUT2D eigenvalue weighted by Crippen LogP contribution is 2.34. The minimum atomic E-state index is -2.81. The Morgan fingerprint density at radius 2 is 1.93 bits per heavy atom. The SMILES string of the molecule is C=C1CN(C)c2ccc(/C=C(\CCC)c3ccc(C(C)(F)F)cc3)cc2N1. The van der Waals surface area contributed by atoms with E-state index in [9.17, 15) is 8.78 Å². The third-order valence-electron chi connectivity index (χ3n) is 4.79. The monoisotopic (exact) mass is 368 g/mol. The smallest absolute Gasteiger partial charge is 0.270 e. The van der Waals surface area contributed by atoms with Crippen LogP contribution in [-0.4, -0.2) is 13.6 Å². The lowest BCUT2D eigenvalue weighted by Gasteiger charge is -2.30. The Kier molecular flexibility index (Phi) is 5.36. The highest BCUT2D eigenvalue weighted by molar-refractivity contribution is 5.85. The van der Waals surface area contributed by atoms with Crippen LogP contribution < -0.4 is 10.2 Å². The fourth-order valence-electron chi connectivity index (χ4n) is 3.43. The number of fused-ring (bicyclic) bond motifs is 1. The number of halogens is 2. The van der Waals surface area contributed by atoms with Crippen LogP contribution in [0, 0.1) is 0 Å². The quantitative estimate of drug-likeness (QED) is 0.605. The first-order chi connectivity index (χ1) is 12.8. The number of alkyl halides is 2. The zero-order valence-corrected chi connectivity index (χ0v) is 16.2. The van der Waals surface area contributed by atoms with Gasteiger partial charge in [0.25, 0.3) is 5.92 Å². The third-order valence-corrected chi connectivity index (χ3v) is 4.79. The second-order valence-corrected chi connectivity index (χ2v) is 7.25. The van der Waals surface area contributed by atoms with Crippen molar-refractivity contribution in [2.75, 3.05) is 23.8 Å². The van der Waals surface area contributed by atoms with Crippen LogP contribution in [0.15, 0.2) is 54.7 Å². The maximum Gasteiger partial charge on any atom is 0.270 e. The fourth-order valence-corrected chi connectivity index (χ4v) is 3.43. The lowest BCUT2D eigenvalue weighted by molar-refractivity contribution is 0.0175. The normalized spacial score (nSPS) is 14.8. The first-order valence-electron chi connectivity index (χ1n) is 9.27. The molecule has 1 aliphatic heterocycles. The van der Waals surface area contributed by atoms with E-state index in [-0.39, 0.29) is 5.56 Å². The van der Waals surface area contributed by atoms with Gasteiger partial charge in [-0.3, -0.25) is 0 Å². The van der Waals surface area contributed by atoms with Crippen LogP contribution in [0.4, 0.5) is 20.2 Å². The second kappa shape index (κ2) is 7.55. The molecule has 27 heavy (non-hydrogen) atoms. The van der Waals surface area contributed by atoms with Crippen molar-refractivity contribution in [2.45, 2.75) is 32.6 Å². The summed E-state index contributed by atoms with van der Waals surface area (Å²) in [4.78, 5) is 2.16. The van der Waals surface area contributed by atoms with Gasteiger partial charge in [0.1, 0.15) is 0 Å². The molecule has 142 valence electrons. The van der Waals surface area contributed by atoms with Crippen molar-refractivity contribution in [3.63, 3.8) is 0 Å². The Bertz CT molecular complexity index is 861. The van der Waals surface area contributed by atoms with Gasteiger partial charge in [-0.15, -0.1) is 0 Å². The number of likely N-dealkylation sites (N-methyl/N-ethyl adjacent to an activating group) is 1. The van der Waals surface area contributed by atoms with Gasteiger partial charge in [-0.1, -0.05) is 56.3 Å². The molecule has 0 radical (unpaired) electrons. The molecule has 2 aromatic carbocycles. The molecule has 0 saturated heterocycles. The number of hydrogen-bond donors (Lipinski definition) is 1. The highest BCUT2D eigenvalue weighted by Gasteiger charge is 2.23. The van der Waals surface area contributed by atoms with Crippen LogP contribution in [-0.2, 0) is 5.92 Å². The summed E-state index contributed by atoms with van der Waals surface area (Å²) in [5, 5.41) is 3.35. The lowest BCUT2D eigenvalue weighted by atomic mass is 9.96. The van der Waals surface area contributed by atoms with Gasteiger partial charge >= 0.3 is 0 Å². The van der Waals surface area contributed by atoms with Crippen molar-refractivity contribution < 1.29 is 8.78 Å². The standard InChI is InChI=1S/C23H26F2N2/c1-5-6-19(18-8-10-20(11-9-18)23(3,24)25)13-17-7-12-22-21(14-17)26-16(2)15-27(22)4/h7-14,26H,2,5-6,15H2,1,3-4H3/b19-13+. The van der Waals surface area contributed by atoms with Crippen molar-refractivity contribution in [2.24, 2.45) is 0 Å². The van der Waals surface area contributed by atoms with Crippen LogP contribution in [0.1, 0.15) is 43.4 Å². The van der Waals surface area contributed by atoms with Gasteiger partial charge < -0.3 is 10.2 Å². The second-order valence-electron chi connectivity index (χ2n) is 7.25. The predicted molar refractivity (Wildman–Crippen MR) is 111 cm³/mol. The average molecular weight is 368 g/mol. The molecule has 0 aliphatic carbocycles. The predicted octanol–water partition coefficient (Wildman–Crippen LogP) is 6.51. The van der Waals surface area contributed by atoms with E-state index < -0.39 is 5.92 Å². The molecule has 3 rings (SSSR count). The first-order valence-corrected chi connectivity index (χ1v) is 9.27. The van der Waals surface area contributed by atoms with Crippen molar-refractivity contribution in [3.8, 4) is 0 Å². The Hall–Kier alpha value is -2.62. The molecule has 2 aromatic rings. The fraction of sp³-hybridized carbons (Fsp3) is 0.304. The Labute approximate surface area is 160 Å². The molecule has 0 unspecified atom stereocenters. The zero-order chi connectivity index (χ0) is 19.6. The van der Waals surface area contributed by atoms with Crippen molar-refractivity contribution in [3.05, 3.63) is 71.4 Å². The van der Waals surface area contributed by atoms with Gasteiger partial charge in [-0.05, 0) is 35.3 Å². The molecule has 0 amide bonds. The summed E-state index contributed by atoms with van der Waals surface area (Å²) in [7, 11) is 2.05. The third kappa shape index (κ3) is 4.38. The van der Waals surface area contributed by atoms with Crippen molar-refractivity contribution in [1.29, 1.82) is 0 Å². The number of nitrogens with one attached hydrogen (secondary N) is 1. The van der Waals surface area contributed by atoms with E-state index in [0.717, 1.165) is 60.1 Å². The molecule has 4 heteroatoms. The maximum atomic E-state index is 13.5. The largest absolute Gasteiger partial charge is 0.367 e. The molecule has 0 saturated carbocycles. The van der Waals surface area contributed by atoms with Gasteiger partial charge in [0, 0.05) is 25.2 Å². The van der Waals surface area contributed by atoms with Crippen molar-refractivity contribution >= 4 is 23.0 Å². The number of hydrogen-bond acceptors (Lipinski definition) is 2. The minimum absolute atomic E-state index is 0.0432. The van der Waals surface area contributed by atoms with Gasteiger partial charge in [0.05, 0.1) is 17.9 Å². The average Bonchev–Trinajstić information content (AvgIpc) is 2.60. The molecule has 0 spiro atoms. The van der Waals surface area contributed by atoms with Gasteiger partial charge in [0.15, 0.2) is 0 Å². The maximum absolute atomic E-state index is 13.5. The summed E-state index contributed by atoms with van der Waals surface area (Å²) < 4.78 is 26.9. The number of anilines is 2. The number of rotatable bonds is 5. The van der Waals surface area contributed by atoms with Gasteiger partial charge in [-0.25, -0.2) is 8.78 Å². The van der Waals surface area contributed by atoms with Gasteiger partial charge in [-0.2, -0.15) is 0 Å². The molecule has 0 atom stereocenters. The van der Waals surface area contributed by atoms with Crippen LogP contribution in [0.2, 0.25) is 0 Å². The Balaban J connectivity index is 1.94. The van der Waals surface area contributed by atoms with E-state index >= 15 is 0 Å². The Morgan fingerprint density at radius 1 is 1.22 bits per heavy atom. The van der Waals surface area contributed by atoms with Crippen LogP contribution >= 0.6 is 0 Å². The topological polar surface area (TPSA) is 15.3 Å². The minimum Gasteiger partial charge on any atom is -0.367 e. The highest BCUT2D eigenvalue weighted by atomic mass is 19.3. The Morgan fingerprint density at radius 3 is 2.56 bits per heavy atom. The summed E-state index contributed by atoms with van der Waals surface area (Å²) in [6.45, 7) is 7.87. The molecule has 0 fully saturated rings. The van der Waals surface area contributed by atoms with Crippen molar-refractivity contribution in [1.82, 2.24) is 0 Å². The molecule has 1 N–H and O–H groups in total. The van der Waals surface area contributed by atoms with E-state index in [1.165, 1.54) is 12.1 Å². The molecule has 2 nitrogen and oxygen atoms in total. The summed E-state index contributed by atoms with van der Waals surface area (Å²) in [5.74, 6) is -2.81. The summed E-state index contributed by atoms with van der Waals surface area (Å²) in [6.07, 6.45) is 4.02. The molecule has 0 aromatic heterocycles. The summed E-state index contributed by atoms with van der Waals surface area (Å²) >= 11 is 0. The summed E-state index contributed by atoms with van der Waals surface area (Å²) in [5.41, 5.74) is 6.41. The summed E-state index contributed by atoms with van der Waals surface area (Å²) in [6, 6.07) is 12.9. The molecule has 1 aliphatic rings. The van der Waals surface area contributed by atoms with E-state index in [0.29, 0.717) is 0 Å². The van der Waals surface area contributed by atoms with Crippen LogP contribution in [0.3, 0.4) is 0 Å². The molecule has 0 bridgehead atoms. The number of allylic oxidation sites excluding steroid dienone is 1. The van der Waals surface area contributed by atoms with E-state index in [1.54, 1.807) is 12.1 Å². The van der Waals surface area contributed by atoms with E-state index in [1.807, 2.05) is 7.05 Å². The lowest BCUT2D eigenvalue weighted by Crippen LogP contribution is -2.28. The van der Waals surface area contributed by atoms with E-state index in [2.05, 4.69) is 48.0 Å². The molecular formula is C23H26F2N2.